The van der Waals surface area contributed by atoms with Crippen LogP contribution in [0.3, 0.4) is 0 Å². The van der Waals surface area contributed by atoms with Gasteiger partial charge in [0.25, 0.3) is 17.5 Å². The molecule has 2 aliphatic rings. The molecule has 2 aliphatic heterocycles. The number of nitrogens with zero attached hydrogens (tertiary/aromatic N) is 4. The lowest BCUT2D eigenvalue weighted by Crippen LogP contribution is -2.52. The molecule has 0 aliphatic carbocycles. The first-order valence-corrected chi connectivity index (χ1v) is 11.7. The molecule has 0 N–H and O–H groups in total. The Labute approximate surface area is 187 Å². The fourth-order valence-electron chi connectivity index (χ4n) is 3.64. The highest BCUT2D eigenvalue weighted by Gasteiger charge is 2.32. The predicted molar refractivity (Wildman–Crippen MR) is 116 cm³/mol. The third-order valence-corrected chi connectivity index (χ3v) is 7.40. The number of carbonyl (C=O) groups is 2. The van der Waals surface area contributed by atoms with Gasteiger partial charge in [0, 0.05) is 55.5 Å². The van der Waals surface area contributed by atoms with Gasteiger partial charge in [-0.1, -0.05) is 11.8 Å². The van der Waals surface area contributed by atoms with Crippen molar-refractivity contribution in [3.63, 3.8) is 0 Å². The Balaban J connectivity index is 1.43. The van der Waals surface area contributed by atoms with E-state index in [4.69, 9.17) is 4.74 Å². The summed E-state index contributed by atoms with van der Waals surface area (Å²) in [5.74, 6) is -0.284. The zero-order valence-electron chi connectivity index (χ0n) is 17.0. The normalized spacial score (nSPS) is 18.9. The number of benzene rings is 1. The maximum atomic E-state index is 12.9. The molecule has 164 valence electrons. The monoisotopic (exact) mass is 462 g/mol. The van der Waals surface area contributed by atoms with E-state index < -0.39 is 4.92 Å². The Kier molecular flexibility index (Phi) is 6.54. The Bertz CT molecular complexity index is 997. The van der Waals surface area contributed by atoms with Crippen molar-refractivity contribution in [2.45, 2.75) is 35.1 Å². The molecule has 1 atom stereocenters. The number of aryl methyl sites for hydroxylation is 1. The van der Waals surface area contributed by atoms with Crippen molar-refractivity contribution < 1.29 is 19.2 Å². The fourth-order valence-corrected chi connectivity index (χ4v) is 5.52. The minimum absolute atomic E-state index is 0.0148. The van der Waals surface area contributed by atoms with Gasteiger partial charge in [0.1, 0.15) is 6.10 Å². The summed E-state index contributed by atoms with van der Waals surface area (Å²) in [5.41, 5.74) is 1.01. The van der Waals surface area contributed by atoms with Gasteiger partial charge in [-0.05, 0) is 31.9 Å². The highest BCUT2D eigenvalue weighted by molar-refractivity contribution is 8.01. The summed E-state index contributed by atoms with van der Waals surface area (Å²) in [6.07, 6.45) is 1.27. The summed E-state index contributed by atoms with van der Waals surface area (Å²) < 4.78 is 6.18. The number of aromatic nitrogens is 1. The number of carbonyl (C=O) groups excluding carboxylic acids is 2. The molecule has 2 saturated heterocycles. The summed E-state index contributed by atoms with van der Waals surface area (Å²) in [5, 5.41) is 13.5. The first-order chi connectivity index (χ1) is 14.9. The highest BCUT2D eigenvalue weighted by Crippen LogP contribution is 2.37. The van der Waals surface area contributed by atoms with Crippen LogP contribution in [0, 0.1) is 17.0 Å². The van der Waals surface area contributed by atoms with Crippen molar-refractivity contribution in [2.24, 2.45) is 0 Å². The standard InChI is InChI=1S/C20H22N4O5S2/c1-13-12-30-20(21-13)31-17-5-4-14(11-15(17)24(27)28)18(25)22-6-8-23(9-7-22)19(26)16-3-2-10-29-16/h4-5,11-12,16H,2-3,6-10H2,1H3. The Morgan fingerprint density at radius 2 is 2.00 bits per heavy atom. The maximum Gasteiger partial charge on any atom is 0.284 e. The molecule has 0 spiro atoms. The number of piperazine rings is 1. The van der Waals surface area contributed by atoms with Gasteiger partial charge in [-0.15, -0.1) is 11.3 Å². The van der Waals surface area contributed by atoms with Crippen LogP contribution in [-0.4, -0.2) is 70.4 Å². The molecule has 11 heteroatoms. The second-order valence-electron chi connectivity index (χ2n) is 7.42. The zero-order valence-corrected chi connectivity index (χ0v) is 18.6. The number of ether oxygens (including phenoxy) is 1. The molecule has 3 heterocycles. The highest BCUT2D eigenvalue weighted by atomic mass is 32.2. The summed E-state index contributed by atoms with van der Waals surface area (Å²) in [6.45, 7) is 4.13. The number of nitro benzene ring substituents is 1. The average Bonchev–Trinajstić information content (AvgIpc) is 3.45. The van der Waals surface area contributed by atoms with Crippen LogP contribution in [-0.2, 0) is 9.53 Å². The van der Waals surface area contributed by atoms with Gasteiger partial charge in [0.2, 0.25) is 0 Å². The first kappa shape index (κ1) is 21.7. The van der Waals surface area contributed by atoms with Crippen LogP contribution in [0.5, 0.6) is 0 Å². The largest absolute Gasteiger partial charge is 0.368 e. The molecule has 0 bridgehead atoms. The number of rotatable bonds is 5. The van der Waals surface area contributed by atoms with Gasteiger partial charge in [-0.3, -0.25) is 19.7 Å². The average molecular weight is 463 g/mol. The minimum atomic E-state index is -0.474. The van der Waals surface area contributed by atoms with Crippen LogP contribution in [0.25, 0.3) is 0 Å². The van der Waals surface area contributed by atoms with E-state index >= 15 is 0 Å². The number of amides is 2. The van der Waals surface area contributed by atoms with Crippen molar-refractivity contribution in [1.82, 2.24) is 14.8 Å². The second-order valence-corrected chi connectivity index (χ2v) is 9.56. The quantitative estimate of drug-likeness (QED) is 0.497. The topological polar surface area (TPSA) is 106 Å². The van der Waals surface area contributed by atoms with E-state index in [0.717, 1.165) is 18.5 Å². The van der Waals surface area contributed by atoms with Crippen LogP contribution >= 0.6 is 23.1 Å². The van der Waals surface area contributed by atoms with E-state index in [1.165, 1.54) is 29.2 Å². The molecule has 9 nitrogen and oxygen atoms in total. The van der Waals surface area contributed by atoms with Crippen LogP contribution in [0.2, 0.25) is 0 Å². The molecule has 1 aromatic heterocycles. The lowest BCUT2D eigenvalue weighted by Gasteiger charge is -2.35. The molecular formula is C20H22N4O5S2. The number of nitro groups is 1. The smallest absolute Gasteiger partial charge is 0.284 e. The summed E-state index contributed by atoms with van der Waals surface area (Å²) in [4.78, 5) is 44.7. The number of hydrogen-bond donors (Lipinski definition) is 0. The minimum Gasteiger partial charge on any atom is -0.368 e. The molecule has 1 aromatic carbocycles. The lowest BCUT2D eigenvalue weighted by molar-refractivity contribution is -0.387. The van der Waals surface area contributed by atoms with E-state index in [9.17, 15) is 19.7 Å². The van der Waals surface area contributed by atoms with Crippen molar-refractivity contribution in [3.05, 3.63) is 45.0 Å². The first-order valence-electron chi connectivity index (χ1n) is 10.0. The molecule has 0 saturated carbocycles. The third-order valence-electron chi connectivity index (χ3n) is 5.28. The van der Waals surface area contributed by atoms with Gasteiger partial charge >= 0.3 is 0 Å². The van der Waals surface area contributed by atoms with E-state index in [0.29, 0.717) is 42.0 Å². The number of thiazole rings is 1. The van der Waals surface area contributed by atoms with E-state index in [1.807, 2.05) is 12.3 Å². The van der Waals surface area contributed by atoms with E-state index in [2.05, 4.69) is 4.98 Å². The Hall–Kier alpha value is -2.50. The van der Waals surface area contributed by atoms with E-state index in [-0.39, 0.29) is 29.2 Å². The Morgan fingerprint density at radius 3 is 2.61 bits per heavy atom. The molecule has 2 fully saturated rings. The number of hydrogen-bond acceptors (Lipinski definition) is 8. The van der Waals surface area contributed by atoms with Crippen LogP contribution in [0.15, 0.2) is 32.8 Å². The molecule has 4 rings (SSSR count). The van der Waals surface area contributed by atoms with Crippen LogP contribution in [0.1, 0.15) is 28.9 Å². The summed E-state index contributed by atoms with van der Waals surface area (Å²) in [6, 6.07) is 4.54. The van der Waals surface area contributed by atoms with Gasteiger partial charge in [-0.25, -0.2) is 4.98 Å². The van der Waals surface area contributed by atoms with Crippen LogP contribution < -0.4 is 0 Å². The van der Waals surface area contributed by atoms with Gasteiger partial charge < -0.3 is 14.5 Å². The lowest BCUT2D eigenvalue weighted by atomic mass is 10.1. The molecule has 2 aromatic rings. The van der Waals surface area contributed by atoms with E-state index in [1.54, 1.807) is 21.9 Å². The molecule has 2 amide bonds. The van der Waals surface area contributed by atoms with Gasteiger partial charge in [0.05, 0.1) is 9.82 Å². The van der Waals surface area contributed by atoms with Crippen LogP contribution in [0.4, 0.5) is 5.69 Å². The summed E-state index contributed by atoms with van der Waals surface area (Å²) in [7, 11) is 0. The van der Waals surface area contributed by atoms with Crippen molar-refractivity contribution in [3.8, 4) is 0 Å². The van der Waals surface area contributed by atoms with Gasteiger partial charge in [0.15, 0.2) is 4.34 Å². The van der Waals surface area contributed by atoms with Crippen molar-refractivity contribution in [1.29, 1.82) is 0 Å². The molecule has 1 unspecified atom stereocenters. The third kappa shape index (κ3) is 4.89. The molecular weight excluding hydrogens is 440 g/mol. The SMILES string of the molecule is Cc1csc(Sc2ccc(C(=O)N3CCN(C(=O)C4CCCO4)CC3)cc2[N+](=O)[O-])n1. The zero-order chi connectivity index (χ0) is 22.0. The van der Waals surface area contributed by atoms with Gasteiger partial charge in [-0.2, -0.15) is 0 Å². The molecule has 31 heavy (non-hydrogen) atoms. The second kappa shape index (κ2) is 9.33. The predicted octanol–water partition coefficient (Wildman–Crippen LogP) is 2.97. The Morgan fingerprint density at radius 1 is 1.26 bits per heavy atom. The molecule has 0 radical (unpaired) electrons. The van der Waals surface area contributed by atoms with Crippen molar-refractivity contribution in [2.75, 3.05) is 32.8 Å². The van der Waals surface area contributed by atoms with Crippen molar-refractivity contribution >= 4 is 40.6 Å². The summed E-state index contributed by atoms with van der Waals surface area (Å²) >= 11 is 2.64. The fraction of sp³-hybridized carbons (Fsp3) is 0.450. The maximum absolute atomic E-state index is 12.9.